The van der Waals surface area contributed by atoms with Gasteiger partial charge in [-0.15, -0.1) is 0 Å². The lowest BCUT2D eigenvalue weighted by Gasteiger charge is -2.11. The number of carbonyl (C=O) groups excluding carboxylic acids is 1. The second-order valence-electron chi connectivity index (χ2n) is 4.71. The Labute approximate surface area is 132 Å². The Morgan fingerprint density at radius 3 is 2.67 bits per heavy atom. The highest BCUT2D eigenvalue weighted by atomic mass is 79.9. The molecule has 0 saturated heterocycles. The minimum absolute atomic E-state index is 0.233. The molecule has 21 heavy (non-hydrogen) atoms. The van der Waals surface area contributed by atoms with Gasteiger partial charge in [-0.1, -0.05) is 28.9 Å². The van der Waals surface area contributed by atoms with Gasteiger partial charge in [-0.2, -0.15) is 0 Å². The van der Waals surface area contributed by atoms with Crippen LogP contribution in [-0.2, 0) is 0 Å². The van der Waals surface area contributed by atoms with Crippen LogP contribution in [0, 0.1) is 0 Å². The molecular formula is C15H17BrN4O. The van der Waals surface area contributed by atoms with Crippen LogP contribution in [0.25, 0.3) is 0 Å². The summed E-state index contributed by atoms with van der Waals surface area (Å²) in [5.74, 6) is 0.298. The first-order valence-electron chi connectivity index (χ1n) is 6.74. The molecule has 1 atom stereocenters. The molecule has 0 aliphatic heterocycles. The molecule has 2 aromatic rings. The molecule has 2 N–H and O–H groups in total. The van der Waals surface area contributed by atoms with Gasteiger partial charge < -0.3 is 10.6 Å². The first kappa shape index (κ1) is 15.4. The van der Waals surface area contributed by atoms with Gasteiger partial charge >= 0.3 is 0 Å². The van der Waals surface area contributed by atoms with E-state index in [1.807, 2.05) is 24.3 Å². The van der Waals surface area contributed by atoms with E-state index in [9.17, 15) is 4.79 Å². The van der Waals surface area contributed by atoms with Crippen molar-refractivity contribution in [3.8, 4) is 0 Å². The van der Waals surface area contributed by atoms with Gasteiger partial charge in [0.2, 0.25) is 5.95 Å². The van der Waals surface area contributed by atoms with Gasteiger partial charge in [0, 0.05) is 28.6 Å². The molecule has 1 unspecified atom stereocenters. The summed E-state index contributed by atoms with van der Waals surface area (Å²) >= 11 is 3.36. The highest BCUT2D eigenvalue weighted by Crippen LogP contribution is 2.16. The van der Waals surface area contributed by atoms with Gasteiger partial charge in [0.15, 0.2) is 0 Å². The van der Waals surface area contributed by atoms with Crippen LogP contribution in [0.2, 0.25) is 0 Å². The van der Waals surface area contributed by atoms with Crippen LogP contribution in [-0.4, -0.2) is 21.9 Å². The standard InChI is InChI=1S/C15H17BrN4O/c1-3-10(2)19-15-17-8-11(9-18-15)14(21)20-13-6-4-5-12(16)7-13/h4-10H,3H2,1-2H3,(H,20,21)(H,17,18,19). The third kappa shape index (κ3) is 4.53. The molecule has 0 saturated carbocycles. The lowest BCUT2D eigenvalue weighted by atomic mass is 10.2. The fraction of sp³-hybridized carbons (Fsp3) is 0.267. The molecular weight excluding hydrogens is 332 g/mol. The molecule has 110 valence electrons. The van der Waals surface area contributed by atoms with Gasteiger partial charge in [-0.25, -0.2) is 9.97 Å². The number of halogens is 1. The Morgan fingerprint density at radius 2 is 2.05 bits per heavy atom. The SMILES string of the molecule is CCC(C)Nc1ncc(C(=O)Nc2cccc(Br)c2)cn1. The maximum absolute atomic E-state index is 12.1. The fourth-order valence-electron chi connectivity index (χ4n) is 1.61. The van der Waals surface area contributed by atoms with Crippen molar-refractivity contribution in [2.75, 3.05) is 10.6 Å². The predicted octanol–water partition coefficient (Wildman–Crippen LogP) is 3.70. The zero-order chi connectivity index (χ0) is 15.2. The van der Waals surface area contributed by atoms with Crippen LogP contribution in [0.15, 0.2) is 41.1 Å². The molecule has 0 spiro atoms. The van der Waals surface area contributed by atoms with Crippen molar-refractivity contribution < 1.29 is 4.79 Å². The average Bonchev–Trinajstić information content (AvgIpc) is 2.47. The highest BCUT2D eigenvalue weighted by Gasteiger charge is 2.08. The van der Waals surface area contributed by atoms with Gasteiger partial charge in [0.25, 0.3) is 5.91 Å². The Kier molecular flexibility index (Phi) is 5.27. The van der Waals surface area contributed by atoms with E-state index in [1.54, 1.807) is 0 Å². The van der Waals surface area contributed by atoms with Gasteiger partial charge in [-0.3, -0.25) is 4.79 Å². The van der Waals surface area contributed by atoms with E-state index in [4.69, 9.17) is 0 Å². The normalized spacial score (nSPS) is 11.8. The van der Waals surface area contributed by atoms with Crippen molar-refractivity contribution in [1.82, 2.24) is 9.97 Å². The summed E-state index contributed by atoms with van der Waals surface area (Å²) in [6.07, 6.45) is 4.02. The smallest absolute Gasteiger partial charge is 0.258 e. The lowest BCUT2D eigenvalue weighted by Crippen LogP contribution is -2.17. The molecule has 0 radical (unpaired) electrons. The predicted molar refractivity (Wildman–Crippen MR) is 87.5 cm³/mol. The van der Waals surface area contributed by atoms with Crippen LogP contribution in [0.4, 0.5) is 11.6 Å². The fourth-order valence-corrected chi connectivity index (χ4v) is 2.01. The molecule has 1 heterocycles. The van der Waals surface area contributed by atoms with Crippen LogP contribution in [0.3, 0.4) is 0 Å². The molecule has 0 aliphatic carbocycles. The largest absolute Gasteiger partial charge is 0.352 e. The highest BCUT2D eigenvalue weighted by molar-refractivity contribution is 9.10. The first-order valence-corrected chi connectivity index (χ1v) is 7.53. The number of benzene rings is 1. The van der Waals surface area contributed by atoms with Gasteiger partial charge in [-0.05, 0) is 31.5 Å². The van der Waals surface area contributed by atoms with Crippen LogP contribution < -0.4 is 10.6 Å². The number of rotatable bonds is 5. The topological polar surface area (TPSA) is 66.9 Å². The molecule has 1 aromatic heterocycles. The van der Waals surface area contributed by atoms with Gasteiger partial charge in [0.05, 0.1) is 5.56 Å². The second kappa shape index (κ2) is 7.17. The minimum atomic E-state index is -0.233. The van der Waals surface area contributed by atoms with E-state index >= 15 is 0 Å². The van der Waals surface area contributed by atoms with Crippen LogP contribution in [0.5, 0.6) is 0 Å². The third-order valence-corrected chi connectivity index (χ3v) is 3.48. The number of hydrogen-bond acceptors (Lipinski definition) is 4. The van der Waals surface area contributed by atoms with Crippen molar-refractivity contribution >= 4 is 33.5 Å². The first-order chi connectivity index (χ1) is 10.1. The summed E-state index contributed by atoms with van der Waals surface area (Å²) < 4.78 is 0.907. The van der Waals surface area contributed by atoms with Crippen molar-refractivity contribution in [3.05, 3.63) is 46.7 Å². The van der Waals surface area contributed by atoms with E-state index in [2.05, 4.69) is 50.4 Å². The number of carbonyl (C=O) groups is 1. The Hall–Kier alpha value is -1.95. The second-order valence-corrected chi connectivity index (χ2v) is 5.63. The Balaban J connectivity index is 2.03. The minimum Gasteiger partial charge on any atom is -0.352 e. The summed E-state index contributed by atoms with van der Waals surface area (Å²) in [7, 11) is 0. The molecule has 1 aromatic carbocycles. The van der Waals surface area contributed by atoms with E-state index in [1.165, 1.54) is 12.4 Å². The van der Waals surface area contributed by atoms with Crippen molar-refractivity contribution in [2.24, 2.45) is 0 Å². The lowest BCUT2D eigenvalue weighted by molar-refractivity contribution is 0.102. The van der Waals surface area contributed by atoms with Crippen molar-refractivity contribution in [3.63, 3.8) is 0 Å². The summed E-state index contributed by atoms with van der Waals surface area (Å²) in [5.41, 5.74) is 1.14. The quantitative estimate of drug-likeness (QED) is 0.864. The zero-order valence-electron chi connectivity index (χ0n) is 11.9. The zero-order valence-corrected chi connectivity index (χ0v) is 13.5. The van der Waals surface area contributed by atoms with Crippen molar-refractivity contribution in [2.45, 2.75) is 26.3 Å². The number of amides is 1. The number of anilines is 2. The molecule has 0 aliphatic rings. The summed E-state index contributed by atoms with van der Waals surface area (Å²) in [6.45, 7) is 4.13. The number of nitrogens with zero attached hydrogens (tertiary/aromatic N) is 2. The number of hydrogen-bond donors (Lipinski definition) is 2. The van der Waals surface area contributed by atoms with Crippen LogP contribution >= 0.6 is 15.9 Å². The Bertz CT molecular complexity index is 615. The van der Waals surface area contributed by atoms with Gasteiger partial charge in [0.1, 0.15) is 0 Å². The summed E-state index contributed by atoms with van der Waals surface area (Å²) in [6, 6.07) is 7.70. The van der Waals surface area contributed by atoms with E-state index in [0.29, 0.717) is 17.6 Å². The molecule has 1 amide bonds. The van der Waals surface area contributed by atoms with E-state index in [0.717, 1.165) is 16.6 Å². The summed E-state index contributed by atoms with van der Waals surface area (Å²) in [4.78, 5) is 20.4. The van der Waals surface area contributed by atoms with Crippen molar-refractivity contribution in [1.29, 1.82) is 0 Å². The number of aromatic nitrogens is 2. The van der Waals surface area contributed by atoms with E-state index in [-0.39, 0.29) is 5.91 Å². The maximum Gasteiger partial charge on any atom is 0.258 e. The Morgan fingerprint density at radius 1 is 1.33 bits per heavy atom. The summed E-state index contributed by atoms with van der Waals surface area (Å²) in [5, 5.41) is 5.96. The van der Waals surface area contributed by atoms with Crippen LogP contribution in [0.1, 0.15) is 30.6 Å². The molecule has 5 nitrogen and oxygen atoms in total. The third-order valence-electron chi connectivity index (χ3n) is 2.98. The molecule has 6 heteroatoms. The number of nitrogens with one attached hydrogen (secondary N) is 2. The average molecular weight is 349 g/mol. The molecule has 0 fully saturated rings. The molecule has 2 rings (SSSR count). The monoisotopic (exact) mass is 348 g/mol. The maximum atomic E-state index is 12.1. The van der Waals surface area contributed by atoms with E-state index < -0.39 is 0 Å². The molecule has 0 bridgehead atoms.